The van der Waals surface area contributed by atoms with Crippen LogP contribution in [0.5, 0.6) is 0 Å². The third-order valence-corrected chi connectivity index (χ3v) is 4.41. The van der Waals surface area contributed by atoms with Crippen molar-refractivity contribution >= 4 is 40.0 Å². The number of hydrogen-bond acceptors (Lipinski definition) is 4. The Kier molecular flexibility index (Phi) is 3.85. The van der Waals surface area contributed by atoms with Crippen LogP contribution in [0.3, 0.4) is 0 Å². The second-order valence-electron chi connectivity index (χ2n) is 5.91. The Balaban J connectivity index is 0.000000527. The lowest BCUT2D eigenvalue weighted by Crippen LogP contribution is -2.24. The van der Waals surface area contributed by atoms with Gasteiger partial charge in [0, 0.05) is 23.1 Å². The zero-order valence-electron chi connectivity index (χ0n) is 13.6. The highest BCUT2D eigenvalue weighted by Gasteiger charge is 2.31. The van der Waals surface area contributed by atoms with E-state index in [2.05, 4.69) is 20.5 Å². The molecule has 5 rings (SSSR count). The molecule has 0 fully saturated rings. The number of amides is 1. The van der Waals surface area contributed by atoms with Crippen LogP contribution in [0.1, 0.15) is 23.7 Å². The first-order chi connectivity index (χ1) is 12.7. The summed E-state index contributed by atoms with van der Waals surface area (Å²) in [6, 6.07) is 11.8. The molecule has 1 amide bonds. The Morgan fingerprint density at radius 2 is 2.00 bits per heavy atom. The van der Waals surface area contributed by atoms with Crippen molar-refractivity contribution in [3.8, 4) is 0 Å². The third-order valence-electron chi connectivity index (χ3n) is 4.41. The molecular formula is C18H15N5O3. The molecular weight excluding hydrogens is 334 g/mol. The number of benzene rings is 2. The number of H-pyrrole nitrogens is 2. The van der Waals surface area contributed by atoms with E-state index in [1.54, 1.807) is 6.20 Å². The van der Waals surface area contributed by atoms with Gasteiger partial charge in [-0.3, -0.25) is 14.7 Å². The maximum absolute atomic E-state index is 12.1. The molecule has 4 N–H and O–H groups in total. The summed E-state index contributed by atoms with van der Waals surface area (Å²) in [6.45, 7) is -0.250. The number of aromatic amines is 2. The van der Waals surface area contributed by atoms with Gasteiger partial charge in [0.25, 0.3) is 6.47 Å². The van der Waals surface area contributed by atoms with Gasteiger partial charge in [0.2, 0.25) is 5.91 Å². The number of rotatable bonds is 1. The molecule has 2 aromatic heterocycles. The number of nitrogens with one attached hydrogen (secondary N) is 3. The fraction of sp³-hybridized carbons (Fsp3) is 0.111. The summed E-state index contributed by atoms with van der Waals surface area (Å²) >= 11 is 0. The summed E-state index contributed by atoms with van der Waals surface area (Å²) in [5, 5.41) is 18.0. The first-order valence-electron chi connectivity index (χ1n) is 7.99. The van der Waals surface area contributed by atoms with Crippen LogP contribution in [-0.4, -0.2) is 37.7 Å². The summed E-state index contributed by atoms with van der Waals surface area (Å²) in [5.74, 6) is 0.696. The summed E-state index contributed by atoms with van der Waals surface area (Å²) in [6.07, 6.45) is 2.16. The summed E-state index contributed by atoms with van der Waals surface area (Å²) in [5.41, 5.74) is 4.70. The molecule has 1 unspecified atom stereocenters. The van der Waals surface area contributed by atoms with E-state index in [1.165, 1.54) is 0 Å². The van der Waals surface area contributed by atoms with Gasteiger partial charge in [-0.25, -0.2) is 4.98 Å². The largest absolute Gasteiger partial charge is 0.483 e. The molecule has 0 radical (unpaired) electrons. The van der Waals surface area contributed by atoms with E-state index in [9.17, 15) is 4.79 Å². The van der Waals surface area contributed by atoms with E-state index in [4.69, 9.17) is 14.9 Å². The van der Waals surface area contributed by atoms with E-state index in [-0.39, 0.29) is 18.3 Å². The molecule has 2 aromatic carbocycles. The van der Waals surface area contributed by atoms with Gasteiger partial charge >= 0.3 is 0 Å². The molecule has 1 aliphatic heterocycles. The first kappa shape index (κ1) is 15.8. The molecule has 1 atom stereocenters. The minimum absolute atomic E-state index is 0.00169. The average Bonchev–Trinajstić information content (AvgIpc) is 3.28. The van der Waals surface area contributed by atoms with Crippen molar-refractivity contribution in [2.75, 3.05) is 5.32 Å². The molecule has 4 aromatic rings. The Labute approximate surface area is 147 Å². The van der Waals surface area contributed by atoms with Gasteiger partial charge in [-0.1, -0.05) is 12.1 Å². The van der Waals surface area contributed by atoms with Crippen LogP contribution in [0.15, 0.2) is 42.6 Å². The lowest BCUT2D eigenvalue weighted by Gasteiger charge is -2.24. The van der Waals surface area contributed by atoms with E-state index in [1.807, 2.05) is 36.4 Å². The van der Waals surface area contributed by atoms with Gasteiger partial charge in [-0.2, -0.15) is 5.10 Å². The quantitative estimate of drug-likeness (QED) is 0.393. The summed E-state index contributed by atoms with van der Waals surface area (Å²) in [7, 11) is 0. The van der Waals surface area contributed by atoms with Gasteiger partial charge in [0.15, 0.2) is 0 Å². The molecule has 0 bridgehead atoms. The normalized spacial score (nSPS) is 15.8. The van der Waals surface area contributed by atoms with Crippen molar-refractivity contribution in [1.29, 1.82) is 0 Å². The maximum Gasteiger partial charge on any atom is 0.290 e. The highest BCUT2D eigenvalue weighted by atomic mass is 16.3. The SMILES string of the molecule is O=C1CC(c2nc3ccccc3[nH]2)c2c(ccc3cn[nH]c23)N1.O=CO. The van der Waals surface area contributed by atoms with E-state index in [0.717, 1.165) is 39.0 Å². The third kappa shape index (κ3) is 2.57. The first-order valence-corrected chi connectivity index (χ1v) is 7.99. The Hall–Kier alpha value is -3.68. The molecule has 0 saturated carbocycles. The van der Waals surface area contributed by atoms with Crippen molar-refractivity contribution in [1.82, 2.24) is 20.2 Å². The highest BCUT2D eigenvalue weighted by molar-refractivity contribution is 6.00. The van der Waals surface area contributed by atoms with Crippen molar-refractivity contribution < 1.29 is 14.7 Å². The van der Waals surface area contributed by atoms with Gasteiger partial charge in [0.05, 0.1) is 28.7 Å². The van der Waals surface area contributed by atoms with E-state index >= 15 is 0 Å². The molecule has 8 heteroatoms. The van der Waals surface area contributed by atoms with Crippen molar-refractivity contribution in [2.24, 2.45) is 0 Å². The van der Waals surface area contributed by atoms with Crippen molar-refractivity contribution in [3.05, 3.63) is 54.0 Å². The van der Waals surface area contributed by atoms with Gasteiger partial charge < -0.3 is 15.4 Å². The highest BCUT2D eigenvalue weighted by Crippen LogP contribution is 2.40. The Morgan fingerprint density at radius 3 is 2.81 bits per heavy atom. The number of anilines is 1. The number of imidazole rings is 1. The number of fused-ring (bicyclic) bond motifs is 4. The second kappa shape index (κ2) is 6.32. The van der Waals surface area contributed by atoms with E-state index < -0.39 is 0 Å². The molecule has 0 saturated heterocycles. The van der Waals surface area contributed by atoms with Gasteiger partial charge in [-0.15, -0.1) is 0 Å². The van der Waals surface area contributed by atoms with Gasteiger partial charge in [0.1, 0.15) is 5.82 Å². The number of nitrogens with zero attached hydrogens (tertiary/aromatic N) is 2. The fourth-order valence-electron chi connectivity index (χ4n) is 3.37. The molecule has 3 heterocycles. The minimum Gasteiger partial charge on any atom is -0.483 e. The van der Waals surface area contributed by atoms with Gasteiger partial charge in [-0.05, 0) is 24.3 Å². The minimum atomic E-state index is -0.250. The van der Waals surface area contributed by atoms with Crippen LogP contribution in [0.2, 0.25) is 0 Å². The summed E-state index contributed by atoms with van der Waals surface area (Å²) in [4.78, 5) is 28.5. The molecule has 130 valence electrons. The van der Waals surface area contributed by atoms with Crippen LogP contribution >= 0.6 is 0 Å². The monoisotopic (exact) mass is 349 g/mol. The van der Waals surface area contributed by atoms with Crippen LogP contribution in [0.25, 0.3) is 21.9 Å². The zero-order valence-corrected chi connectivity index (χ0v) is 13.6. The zero-order chi connectivity index (χ0) is 18.1. The fourth-order valence-corrected chi connectivity index (χ4v) is 3.37. The van der Waals surface area contributed by atoms with Crippen LogP contribution < -0.4 is 5.32 Å². The van der Waals surface area contributed by atoms with Crippen LogP contribution in [0.4, 0.5) is 5.69 Å². The molecule has 1 aliphatic rings. The van der Waals surface area contributed by atoms with E-state index in [0.29, 0.717) is 6.42 Å². The topological polar surface area (TPSA) is 124 Å². The standard InChI is InChI=1S/C17H13N5O.CH2O2/c23-14-7-10(17-20-11-3-1-2-4-12(11)21-17)15-13(19-14)6-5-9-8-18-22-16(9)15;2-1-3/h1-6,8,10H,7H2,(H,18,22)(H,19,23)(H,20,21);1H,(H,2,3). The lowest BCUT2D eigenvalue weighted by atomic mass is 9.88. The Morgan fingerprint density at radius 1 is 1.19 bits per heavy atom. The predicted molar refractivity (Wildman–Crippen MR) is 96.0 cm³/mol. The smallest absolute Gasteiger partial charge is 0.290 e. The number of hydrogen-bond donors (Lipinski definition) is 4. The average molecular weight is 349 g/mol. The maximum atomic E-state index is 12.1. The summed E-state index contributed by atoms with van der Waals surface area (Å²) < 4.78 is 0. The number of para-hydroxylation sites is 2. The lowest BCUT2D eigenvalue weighted by molar-refractivity contribution is -0.123. The number of carbonyl (C=O) groups excluding carboxylic acids is 1. The van der Waals surface area contributed by atoms with Crippen LogP contribution in [0, 0.1) is 0 Å². The van der Waals surface area contributed by atoms with Crippen molar-refractivity contribution in [2.45, 2.75) is 12.3 Å². The predicted octanol–water partition coefficient (Wildman–Crippen LogP) is 2.61. The molecule has 0 spiro atoms. The number of carbonyl (C=O) groups is 2. The molecule has 0 aliphatic carbocycles. The second-order valence-corrected chi connectivity index (χ2v) is 5.91. The van der Waals surface area contributed by atoms with Crippen LogP contribution in [-0.2, 0) is 9.59 Å². The Bertz CT molecular complexity index is 1080. The van der Waals surface area contributed by atoms with Crippen molar-refractivity contribution in [3.63, 3.8) is 0 Å². The molecule has 8 nitrogen and oxygen atoms in total. The number of carboxylic acid groups (broad SMARTS) is 1. The number of aromatic nitrogens is 4. The molecule has 26 heavy (non-hydrogen) atoms.